The van der Waals surface area contributed by atoms with Gasteiger partial charge in [0.2, 0.25) is 0 Å². The van der Waals surface area contributed by atoms with E-state index in [-0.39, 0.29) is 5.78 Å². The number of nitrogens with two attached hydrogens (primary N) is 1. The summed E-state index contributed by atoms with van der Waals surface area (Å²) in [7, 11) is 0. The Hall–Kier alpha value is -2.29. The van der Waals surface area contributed by atoms with Gasteiger partial charge in [0.1, 0.15) is 0 Å². The van der Waals surface area contributed by atoms with Crippen LogP contribution in [0.2, 0.25) is 0 Å². The first-order valence-electron chi connectivity index (χ1n) is 7.47. The molecule has 21 heavy (non-hydrogen) atoms. The Balaban J connectivity index is 1.96. The van der Waals surface area contributed by atoms with E-state index < -0.39 is 0 Å². The van der Waals surface area contributed by atoms with E-state index in [0.717, 1.165) is 25.1 Å². The van der Waals surface area contributed by atoms with Crippen LogP contribution in [0.4, 0.5) is 11.4 Å². The van der Waals surface area contributed by atoms with Crippen LogP contribution >= 0.6 is 0 Å². The van der Waals surface area contributed by atoms with Crippen LogP contribution in [0.1, 0.15) is 34.8 Å². The highest BCUT2D eigenvalue weighted by Gasteiger charge is 2.18. The van der Waals surface area contributed by atoms with Crippen LogP contribution < -0.4 is 10.6 Å². The van der Waals surface area contributed by atoms with Crippen molar-refractivity contribution in [2.24, 2.45) is 0 Å². The molecule has 0 aliphatic carbocycles. The first-order valence-corrected chi connectivity index (χ1v) is 7.47. The molecule has 1 aliphatic heterocycles. The monoisotopic (exact) mass is 280 g/mol. The number of nitrogen functional groups attached to an aromatic ring is 1. The van der Waals surface area contributed by atoms with E-state index >= 15 is 0 Å². The summed E-state index contributed by atoms with van der Waals surface area (Å²) in [6, 6.07) is 13.2. The molecule has 0 saturated heterocycles. The standard InChI is InChI=1S/C18H20N2O/c1-2-20-11-3-4-13-5-6-15(12-17(13)20)18(21)14-7-9-16(19)10-8-14/h5-10,12H,2-4,11,19H2,1H3. The molecule has 2 N–H and O–H groups in total. The van der Waals surface area contributed by atoms with Crippen LogP contribution in [-0.4, -0.2) is 18.9 Å². The molecule has 2 aromatic rings. The highest BCUT2D eigenvalue weighted by atomic mass is 16.1. The lowest BCUT2D eigenvalue weighted by molar-refractivity contribution is 0.103. The van der Waals surface area contributed by atoms with Crippen LogP contribution in [0.3, 0.4) is 0 Å². The quantitative estimate of drug-likeness (QED) is 0.693. The minimum atomic E-state index is 0.0550. The predicted octanol–water partition coefficient (Wildman–Crippen LogP) is 3.27. The van der Waals surface area contributed by atoms with Gasteiger partial charge in [-0.1, -0.05) is 12.1 Å². The Morgan fingerprint density at radius 1 is 1.14 bits per heavy atom. The molecular formula is C18H20N2O. The fourth-order valence-corrected chi connectivity index (χ4v) is 2.92. The third-order valence-corrected chi connectivity index (χ3v) is 4.12. The molecule has 3 heteroatoms. The van der Waals surface area contributed by atoms with Crippen LogP contribution in [0, 0.1) is 0 Å². The third-order valence-electron chi connectivity index (χ3n) is 4.12. The molecule has 108 valence electrons. The molecule has 0 radical (unpaired) electrons. The molecule has 0 saturated carbocycles. The smallest absolute Gasteiger partial charge is 0.193 e. The number of hydrogen-bond donors (Lipinski definition) is 1. The Labute approximate surface area is 125 Å². The zero-order chi connectivity index (χ0) is 14.8. The lowest BCUT2D eigenvalue weighted by atomic mass is 9.96. The van der Waals surface area contributed by atoms with Crippen LogP contribution in [0.5, 0.6) is 0 Å². The highest BCUT2D eigenvalue weighted by Crippen LogP contribution is 2.28. The Bertz CT molecular complexity index is 661. The first kappa shape index (κ1) is 13.7. The molecule has 3 nitrogen and oxygen atoms in total. The van der Waals surface area contributed by atoms with Gasteiger partial charge >= 0.3 is 0 Å². The zero-order valence-corrected chi connectivity index (χ0v) is 12.3. The summed E-state index contributed by atoms with van der Waals surface area (Å²) in [4.78, 5) is 14.9. The molecule has 0 spiro atoms. The van der Waals surface area contributed by atoms with Crippen LogP contribution in [0.15, 0.2) is 42.5 Å². The average Bonchev–Trinajstić information content (AvgIpc) is 2.53. The van der Waals surface area contributed by atoms with Gasteiger partial charge in [0.15, 0.2) is 5.78 Å². The zero-order valence-electron chi connectivity index (χ0n) is 12.3. The second kappa shape index (κ2) is 5.60. The summed E-state index contributed by atoms with van der Waals surface area (Å²) in [6.07, 6.45) is 2.29. The van der Waals surface area contributed by atoms with Crippen LogP contribution in [-0.2, 0) is 6.42 Å². The van der Waals surface area contributed by atoms with Crippen molar-refractivity contribution in [2.75, 3.05) is 23.7 Å². The predicted molar refractivity (Wildman–Crippen MR) is 86.9 cm³/mol. The van der Waals surface area contributed by atoms with Gasteiger partial charge in [-0.05, 0) is 55.7 Å². The number of rotatable bonds is 3. The van der Waals surface area contributed by atoms with Gasteiger partial charge in [0.25, 0.3) is 0 Å². The van der Waals surface area contributed by atoms with Crippen molar-refractivity contribution in [3.8, 4) is 0 Å². The summed E-state index contributed by atoms with van der Waals surface area (Å²) < 4.78 is 0. The van der Waals surface area contributed by atoms with Gasteiger partial charge in [-0.15, -0.1) is 0 Å². The minimum absolute atomic E-state index is 0.0550. The molecule has 2 aromatic carbocycles. The number of benzene rings is 2. The highest BCUT2D eigenvalue weighted by molar-refractivity contribution is 6.09. The van der Waals surface area contributed by atoms with E-state index in [0.29, 0.717) is 11.3 Å². The largest absolute Gasteiger partial charge is 0.399 e. The number of ketones is 1. The number of hydrogen-bond acceptors (Lipinski definition) is 3. The molecule has 0 bridgehead atoms. The van der Waals surface area contributed by atoms with Crippen molar-refractivity contribution in [2.45, 2.75) is 19.8 Å². The van der Waals surface area contributed by atoms with Gasteiger partial charge in [-0.3, -0.25) is 4.79 Å². The van der Waals surface area contributed by atoms with Gasteiger partial charge in [-0.25, -0.2) is 0 Å². The number of carbonyl (C=O) groups excluding carboxylic acids is 1. The minimum Gasteiger partial charge on any atom is -0.399 e. The van der Waals surface area contributed by atoms with Crippen molar-refractivity contribution < 1.29 is 4.79 Å². The molecule has 0 fully saturated rings. The average molecular weight is 280 g/mol. The number of carbonyl (C=O) groups is 1. The van der Waals surface area contributed by atoms with E-state index in [4.69, 9.17) is 5.73 Å². The number of fused-ring (bicyclic) bond motifs is 1. The second-order valence-electron chi connectivity index (χ2n) is 5.48. The summed E-state index contributed by atoms with van der Waals surface area (Å²) >= 11 is 0. The number of nitrogens with zero attached hydrogens (tertiary/aromatic N) is 1. The number of anilines is 2. The van der Waals surface area contributed by atoms with Gasteiger partial charge in [0.05, 0.1) is 0 Å². The maximum absolute atomic E-state index is 12.6. The molecule has 0 aromatic heterocycles. The molecule has 0 atom stereocenters. The topological polar surface area (TPSA) is 46.3 Å². The lowest BCUT2D eigenvalue weighted by Gasteiger charge is -2.30. The summed E-state index contributed by atoms with van der Waals surface area (Å²) in [5, 5.41) is 0. The van der Waals surface area contributed by atoms with Crippen molar-refractivity contribution in [1.29, 1.82) is 0 Å². The molecule has 1 heterocycles. The molecule has 1 aliphatic rings. The number of aryl methyl sites for hydroxylation is 1. The Kier molecular flexibility index (Phi) is 3.65. The van der Waals surface area contributed by atoms with E-state index in [9.17, 15) is 4.79 Å². The summed E-state index contributed by atoms with van der Waals surface area (Å²) in [5.41, 5.74) is 10.3. The van der Waals surface area contributed by atoms with E-state index in [1.165, 1.54) is 17.7 Å². The molecule has 0 unspecified atom stereocenters. The lowest BCUT2D eigenvalue weighted by Crippen LogP contribution is -2.29. The Morgan fingerprint density at radius 3 is 2.57 bits per heavy atom. The van der Waals surface area contributed by atoms with Gasteiger partial charge in [0, 0.05) is 35.6 Å². The summed E-state index contributed by atoms with van der Waals surface area (Å²) in [5.74, 6) is 0.0550. The van der Waals surface area contributed by atoms with Crippen molar-refractivity contribution in [3.63, 3.8) is 0 Å². The van der Waals surface area contributed by atoms with Crippen molar-refractivity contribution in [3.05, 3.63) is 59.2 Å². The SMILES string of the molecule is CCN1CCCc2ccc(C(=O)c3ccc(N)cc3)cc21. The van der Waals surface area contributed by atoms with E-state index in [1.807, 2.05) is 12.1 Å². The van der Waals surface area contributed by atoms with Crippen molar-refractivity contribution >= 4 is 17.2 Å². The third kappa shape index (κ3) is 2.64. The van der Waals surface area contributed by atoms with E-state index in [1.54, 1.807) is 24.3 Å². The Morgan fingerprint density at radius 2 is 1.86 bits per heavy atom. The van der Waals surface area contributed by atoms with E-state index in [2.05, 4.69) is 17.9 Å². The van der Waals surface area contributed by atoms with Crippen molar-refractivity contribution in [1.82, 2.24) is 0 Å². The molecular weight excluding hydrogens is 260 g/mol. The fraction of sp³-hybridized carbons (Fsp3) is 0.278. The van der Waals surface area contributed by atoms with Gasteiger partial charge < -0.3 is 10.6 Å². The fourth-order valence-electron chi connectivity index (χ4n) is 2.92. The molecule has 0 amide bonds. The van der Waals surface area contributed by atoms with Crippen LogP contribution in [0.25, 0.3) is 0 Å². The maximum Gasteiger partial charge on any atom is 0.193 e. The van der Waals surface area contributed by atoms with Gasteiger partial charge in [-0.2, -0.15) is 0 Å². The molecule has 3 rings (SSSR count). The second-order valence-corrected chi connectivity index (χ2v) is 5.48. The maximum atomic E-state index is 12.6. The summed E-state index contributed by atoms with van der Waals surface area (Å²) in [6.45, 7) is 4.21. The first-order chi connectivity index (χ1) is 10.2. The normalized spacial score (nSPS) is 13.9.